The van der Waals surface area contributed by atoms with E-state index in [1.165, 1.54) is 10.4 Å². The number of rotatable bonds is 8. The molecule has 0 spiro atoms. The van der Waals surface area contributed by atoms with Crippen molar-refractivity contribution in [3.05, 3.63) is 45.1 Å². The minimum atomic E-state index is 0.598. The van der Waals surface area contributed by atoms with Gasteiger partial charge in [0.25, 0.3) is 0 Å². The lowest BCUT2D eigenvalue weighted by Crippen LogP contribution is -2.20. The van der Waals surface area contributed by atoms with Crippen molar-refractivity contribution >= 4 is 22.9 Å². The molecular formula is C16H20ClNO2S. The molecule has 0 bridgehead atoms. The molecule has 0 aliphatic carbocycles. The highest BCUT2D eigenvalue weighted by Crippen LogP contribution is 2.28. The molecule has 0 radical (unpaired) electrons. The summed E-state index contributed by atoms with van der Waals surface area (Å²) in [6.07, 6.45) is 0.988. The van der Waals surface area contributed by atoms with E-state index < -0.39 is 0 Å². The van der Waals surface area contributed by atoms with Crippen LogP contribution in [0, 0.1) is 0 Å². The van der Waals surface area contributed by atoms with Crippen molar-refractivity contribution in [3.8, 4) is 11.5 Å². The van der Waals surface area contributed by atoms with Gasteiger partial charge in [-0.05, 0) is 36.2 Å². The maximum atomic E-state index is 5.89. The second-order valence-electron chi connectivity index (χ2n) is 4.57. The van der Waals surface area contributed by atoms with E-state index in [4.69, 9.17) is 21.1 Å². The van der Waals surface area contributed by atoms with Crippen LogP contribution in [0.4, 0.5) is 0 Å². The number of thiophene rings is 1. The van der Waals surface area contributed by atoms with E-state index >= 15 is 0 Å². The summed E-state index contributed by atoms with van der Waals surface area (Å²) in [4.78, 5) is 1.23. The second kappa shape index (κ2) is 8.27. The minimum Gasteiger partial charge on any atom is -0.493 e. The van der Waals surface area contributed by atoms with Gasteiger partial charge in [0.1, 0.15) is 6.61 Å². The summed E-state index contributed by atoms with van der Waals surface area (Å²) in [5, 5.41) is 3.33. The van der Waals surface area contributed by atoms with Crippen LogP contribution in [0.25, 0.3) is 0 Å². The molecule has 5 heteroatoms. The van der Waals surface area contributed by atoms with Crippen molar-refractivity contribution in [1.29, 1.82) is 0 Å². The number of ether oxygens (including phenoxy) is 2. The smallest absolute Gasteiger partial charge is 0.161 e. The van der Waals surface area contributed by atoms with Crippen LogP contribution in [0.1, 0.15) is 17.4 Å². The monoisotopic (exact) mass is 325 g/mol. The summed E-state index contributed by atoms with van der Waals surface area (Å²) < 4.78 is 11.9. The number of benzene rings is 1. The van der Waals surface area contributed by atoms with E-state index in [-0.39, 0.29) is 0 Å². The summed E-state index contributed by atoms with van der Waals surface area (Å²) in [6.45, 7) is 4.30. The molecule has 2 rings (SSSR count). The Morgan fingerprint density at radius 3 is 2.71 bits per heavy atom. The molecule has 0 amide bonds. The number of aryl methyl sites for hydroxylation is 1. The first-order valence-corrected chi connectivity index (χ1v) is 8.17. The van der Waals surface area contributed by atoms with Gasteiger partial charge in [-0.25, -0.2) is 0 Å². The normalized spacial score (nSPS) is 10.6. The van der Waals surface area contributed by atoms with Crippen molar-refractivity contribution in [2.24, 2.45) is 0 Å². The number of hydrogen-bond acceptors (Lipinski definition) is 4. The Morgan fingerprint density at radius 2 is 2.05 bits per heavy atom. The average Bonchev–Trinajstić information content (AvgIpc) is 2.92. The SMILES string of the molecule is CCc1ccc(OCCNCc2ccc(Cl)s2)c(OC)c1. The van der Waals surface area contributed by atoms with E-state index in [0.29, 0.717) is 6.61 Å². The molecule has 0 fully saturated rings. The Morgan fingerprint density at radius 1 is 1.19 bits per heavy atom. The third-order valence-corrected chi connectivity index (χ3v) is 4.33. The van der Waals surface area contributed by atoms with Gasteiger partial charge in [-0.15, -0.1) is 11.3 Å². The zero-order valence-corrected chi connectivity index (χ0v) is 13.9. The van der Waals surface area contributed by atoms with E-state index in [0.717, 1.165) is 35.3 Å². The summed E-state index contributed by atoms with van der Waals surface area (Å²) in [7, 11) is 1.67. The maximum Gasteiger partial charge on any atom is 0.161 e. The Hall–Kier alpha value is -1.23. The van der Waals surface area contributed by atoms with Crippen LogP contribution >= 0.6 is 22.9 Å². The lowest BCUT2D eigenvalue weighted by molar-refractivity contribution is 0.292. The average molecular weight is 326 g/mol. The van der Waals surface area contributed by atoms with Gasteiger partial charge in [0, 0.05) is 18.0 Å². The fourth-order valence-electron chi connectivity index (χ4n) is 1.94. The Bertz CT molecular complexity index is 571. The number of hydrogen-bond donors (Lipinski definition) is 1. The Labute approximate surface area is 134 Å². The molecule has 3 nitrogen and oxygen atoms in total. The summed E-state index contributed by atoms with van der Waals surface area (Å²) >= 11 is 7.49. The fraction of sp³-hybridized carbons (Fsp3) is 0.375. The minimum absolute atomic E-state index is 0.598. The maximum absolute atomic E-state index is 5.89. The highest BCUT2D eigenvalue weighted by atomic mass is 35.5. The van der Waals surface area contributed by atoms with Crippen molar-refractivity contribution in [3.63, 3.8) is 0 Å². The molecule has 0 aliphatic rings. The highest BCUT2D eigenvalue weighted by Gasteiger charge is 2.05. The zero-order chi connectivity index (χ0) is 15.1. The number of methoxy groups -OCH3 is 1. The van der Waals surface area contributed by atoms with Gasteiger partial charge < -0.3 is 14.8 Å². The largest absolute Gasteiger partial charge is 0.493 e. The van der Waals surface area contributed by atoms with Gasteiger partial charge in [-0.1, -0.05) is 24.6 Å². The molecule has 1 aromatic carbocycles. The molecule has 0 aliphatic heterocycles. The fourth-order valence-corrected chi connectivity index (χ4v) is 3.00. The molecule has 0 saturated carbocycles. The van der Waals surface area contributed by atoms with E-state index in [9.17, 15) is 0 Å². The first-order chi connectivity index (χ1) is 10.2. The lowest BCUT2D eigenvalue weighted by Gasteiger charge is -2.12. The van der Waals surface area contributed by atoms with Crippen LogP contribution in [-0.4, -0.2) is 20.3 Å². The second-order valence-corrected chi connectivity index (χ2v) is 6.37. The summed E-state index contributed by atoms with van der Waals surface area (Å²) in [5.41, 5.74) is 1.24. The predicted molar refractivity (Wildman–Crippen MR) is 88.9 cm³/mol. The molecule has 114 valence electrons. The molecule has 0 atom stereocenters. The van der Waals surface area contributed by atoms with Crippen molar-refractivity contribution in [1.82, 2.24) is 5.32 Å². The molecule has 21 heavy (non-hydrogen) atoms. The van der Waals surface area contributed by atoms with Crippen LogP contribution in [0.2, 0.25) is 4.34 Å². The van der Waals surface area contributed by atoms with Gasteiger partial charge >= 0.3 is 0 Å². The van der Waals surface area contributed by atoms with Crippen LogP contribution < -0.4 is 14.8 Å². The molecule has 1 aromatic heterocycles. The molecule has 0 unspecified atom stereocenters. The van der Waals surface area contributed by atoms with Gasteiger partial charge in [-0.2, -0.15) is 0 Å². The Balaban J connectivity index is 1.75. The van der Waals surface area contributed by atoms with E-state index in [1.54, 1.807) is 18.4 Å². The molecule has 0 saturated heterocycles. The first kappa shape index (κ1) is 16.1. The van der Waals surface area contributed by atoms with E-state index in [1.807, 2.05) is 24.3 Å². The Kier molecular flexibility index (Phi) is 6.36. The van der Waals surface area contributed by atoms with Crippen molar-refractivity contribution in [2.75, 3.05) is 20.3 Å². The summed E-state index contributed by atoms with van der Waals surface area (Å²) in [5.74, 6) is 1.58. The van der Waals surface area contributed by atoms with Crippen molar-refractivity contribution < 1.29 is 9.47 Å². The van der Waals surface area contributed by atoms with Gasteiger partial charge in [0.15, 0.2) is 11.5 Å². The third kappa shape index (κ3) is 4.92. The lowest BCUT2D eigenvalue weighted by atomic mass is 10.1. The molecule has 2 aromatic rings. The van der Waals surface area contributed by atoms with Crippen LogP contribution in [0.15, 0.2) is 30.3 Å². The zero-order valence-electron chi connectivity index (χ0n) is 12.3. The van der Waals surface area contributed by atoms with Crippen LogP contribution in [-0.2, 0) is 13.0 Å². The third-order valence-electron chi connectivity index (χ3n) is 3.10. The first-order valence-electron chi connectivity index (χ1n) is 6.97. The molecular weight excluding hydrogens is 306 g/mol. The molecule has 1 N–H and O–H groups in total. The van der Waals surface area contributed by atoms with Crippen LogP contribution in [0.3, 0.4) is 0 Å². The van der Waals surface area contributed by atoms with Gasteiger partial charge in [-0.3, -0.25) is 0 Å². The van der Waals surface area contributed by atoms with Crippen molar-refractivity contribution in [2.45, 2.75) is 19.9 Å². The quantitative estimate of drug-likeness (QED) is 0.740. The topological polar surface area (TPSA) is 30.5 Å². The van der Waals surface area contributed by atoms with Gasteiger partial charge in [0.2, 0.25) is 0 Å². The number of halogens is 1. The summed E-state index contributed by atoms with van der Waals surface area (Å²) in [6, 6.07) is 10.0. The number of nitrogens with one attached hydrogen (secondary N) is 1. The van der Waals surface area contributed by atoms with Gasteiger partial charge in [0.05, 0.1) is 11.4 Å². The van der Waals surface area contributed by atoms with Crippen LogP contribution in [0.5, 0.6) is 11.5 Å². The highest BCUT2D eigenvalue weighted by molar-refractivity contribution is 7.16. The molecule has 1 heterocycles. The standard InChI is InChI=1S/C16H20ClNO2S/c1-3-12-4-6-14(15(10-12)19-2)20-9-8-18-11-13-5-7-16(17)21-13/h4-7,10,18H,3,8-9,11H2,1-2H3. The predicted octanol–water partition coefficient (Wildman–Crippen LogP) is 4.14. The van der Waals surface area contributed by atoms with E-state index in [2.05, 4.69) is 18.3 Å².